The molecular weight excluding hydrogens is 331 g/mol. The van der Waals surface area contributed by atoms with E-state index < -0.39 is 0 Å². The van der Waals surface area contributed by atoms with E-state index in [1.54, 1.807) is 6.07 Å². The minimum absolute atomic E-state index is 0.298. The van der Waals surface area contributed by atoms with Crippen LogP contribution in [0.25, 0.3) is 0 Å². The second-order valence-electron chi connectivity index (χ2n) is 4.47. The molecule has 0 saturated carbocycles. The van der Waals surface area contributed by atoms with Crippen molar-refractivity contribution in [2.24, 2.45) is 0 Å². The Morgan fingerprint density at radius 2 is 2.11 bits per heavy atom. The van der Waals surface area contributed by atoms with Gasteiger partial charge in [-0.1, -0.05) is 24.3 Å². The Labute approximate surface area is 124 Å². The van der Waals surface area contributed by atoms with Crippen molar-refractivity contribution in [1.29, 1.82) is 0 Å². The number of fused-ring (bicyclic) bond motifs is 1. The van der Waals surface area contributed by atoms with Gasteiger partial charge < -0.3 is 4.74 Å². The molecule has 3 rings (SSSR count). The number of hydrogen-bond donors (Lipinski definition) is 0. The smallest absolute Gasteiger partial charge is 0.137 e. The van der Waals surface area contributed by atoms with E-state index in [0.717, 1.165) is 35.5 Å². The summed E-state index contributed by atoms with van der Waals surface area (Å²) in [6.45, 7) is 0.718. The molecule has 1 heterocycles. The van der Waals surface area contributed by atoms with E-state index in [4.69, 9.17) is 16.3 Å². The average molecular weight is 342 g/mol. The molecule has 0 bridgehead atoms. The molecule has 2 aromatic carbocycles. The first-order valence-corrected chi connectivity index (χ1v) is 7.23. The van der Waals surface area contributed by atoms with Crippen molar-refractivity contribution in [1.82, 2.24) is 0 Å². The summed E-state index contributed by atoms with van der Waals surface area (Å²) in [4.78, 5) is 0. The molecule has 1 unspecified atom stereocenters. The first-order chi connectivity index (χ1) is 9.16. The average Bonchev–Trinajstić information content (AvgIpc) is 2.88. The van der Waals surface area contributed by atoms with Gasteiger partial charge in [-0.05, 0) is 44.8 Å². The number of ether oxygens (including phenoxy) is 1. The molecule has 0 fully saturated rings. The van der Waals surface area contributed by atoms with E-state index in [-0.39, 0.29) is 11.2 Å². The van der Waals surface area contributed by atoms with Crippen LogP contribution in [0, 0.1) is 5.82 Å². The molecule has 0 aromatic heterocycles. The van der Waals surface area contributed by atoms with E-state index in [2.05, 4.69) is 15.9 Å². The Bertz CT molecular complexity index is 630. The summed E-state index contributed by atoms with van der Waals surface area (Å²) in [5.41, 5.74) is 2.86. The normalized spacial score (nSPS) is 14.9. The molecule has 0 aliphatic carbocycles. The molecule has 1 aliphatic rings. The van der Waals surface area contributed by atoms with Gasteiger partial charge in [-0.15, -0.1) is 11.6 Å². The molecule has 0 amide bonds. The highest BCUT2D eigenvalue weighted by Gasteiger charge is 2.19. The summed E-state index contributed by atoms with van der Waals surface area (Å²) in [5.74, 6) is 0.624. The Morgan fingerprint density at radius 3 is 2.95 bits per heavy atom. The molecule has 0 N–H and O–H groups in total. The van der Waals surface area contributed by atoms with Gasteiger partial charge in [0.05, 0.1) is 16.5 Å². The van der Waals surface area contributed by atoms with Gasteiger partial charge in [0.2, 0.25) is 0 Å². The van der Waals surface area contributed by atoms with Crippen molar-refractivity contribution in [2.45, 2.75) is 11.8 Å². The van der Waals surface area contributed by atoms with Crippen molar-refractivity contribution in [3.05, 3.63) is 63.4 Å². The third-order valence-electron chi connectivity index (χ3n) is 3.26. The van der Waals surface area contributed by atoms with Crippen molar-refractivity contribution in [3.8, 4) is 5.75 Å². The molecule has 98 valence electrons. The summed E-state index contributed by atoms with van der Waals surface area (Å²) in [6, 6.07) is 10.8. The van der Waals surface area contributed by atoms with Gasteiger partial charge >= 0.3 is 0 Å². The Kier molecular flexibility index (Phi) is 3.50. The molecule has 19 heavy (non-hydrogen) atoms. The lowest BCUT2D eigenvalue weighted by Gasteiger charge is -2.13. The summed E-state index contributed by atoms with van der Waals surface area (Å²) in [6.07, 6.45) is 0.900. The van der Waals surface area contributed by atoms with Crippen LogP contribution in [0.5, 0.6) is 5.75 Å². The first kappa shape index (κ1) is 12.9. The molecule has 1 aliphatic heterocycles. The molecule has 0 spiro atoms. The van der Waals surface area contributed by atoms with Crippen LogP contribution in [0.4, 0.5) is 4.39 Å². The van der Waals surface area contributed by atoms with Gasteiger partial charge in [0.15, 0.2) is 0 Å². The van der Waals surface area contributed by atoms with Crippen molar-refractivity contribution in [3.63, 3.8) is 0 Å². The zero-order chi connectivity index (χ0) is 13.4. The lowest BCUT2D eigenvalue weighted by molar-refractivity contribution is 0.357. The van der Waals surface area contributed by atoms with E-state index in [1.807, 2.05) is 24.3 Å². The van der Waals surface area contributed by atoms with Crippen molar-refractivity contribution in [2.75, 3.05) is 6.61 Å². The van der Waals surface area contributed by atoms with E-state index >= 15 is 0 Å². The molecule has 2 aromatic rings. The zero-order valence-electron chi connectivity index (χ0n) is 10.00. The predicted octanol–water partition coefficient (Wildman–Crippen LogP) is 4.85. The predicted molar refractivity (Wildman–Crippen MR) is 77.4 cm³/mol. The SMILES string of the molecule is Fc1cccc(C(Cl)c2ccc3c(c2)CCO3)c1Br. The summed E-state index contributed by atoms with van der Waals surface area (Å²) in [5, 5.41) is -0.379. The van der Waals surface area contributed by atoms with Gasteiger partial charge in [0.25, 0.3) is 0 Å². The van der Waals surface area contributed by atoms with Gasteiger partial charge in [-0.25, -0.2) is 4.39 Å². The Balaban J connectivity index is 2.00. The highest BCUT2D eigenvalue weighted by atomic mass is 79.9. The molecule has 4 heteroatoms. The number of benzene rings is 2. The Morgan fingerprint density at radius 1 is 1.26 bits per heavy atom. The largest absolute Gasteiger partial charge is 0.493 e. The van der Waals surface area contributed by atoms with Crippen LogP contribution in [0.2, 0.25) is 0 Å². The topological polar surface area (TPSA) is 9.23 Å². The third-order valence-corrected chi connectivity index (χ3v) is 4.58. The fourth-order valence-electron chi connectivity index (χ4n) is 2.26. The first-order valence-electron chi connectivity index (χ1n) is 6.00. The fourth-order valence-corrected chi connectivity index (χ4v) is 3.20. The summed E-state index contributed by atoms with van der Waals surface area (Å²) < 4.78 is 19.4. The van der Waals surface area contributed by atoms with Gasteiger partial charge in [0.1, 0.15) is 11.6 Å². The highest BCUT2D eigenvalue weighted by molar-refractivity contribution is 9.10. The second-order valence-corrected chi connectivity index (χ2v) is 5.70. The molecule has 0 radical (unpaired) electrons. The van der Waals surface area contributed by atoms with Crippen LogP contribution in [0.1, 0.15) is 22.1 Å². The van der Waals surface area contributed by atoms with Crippen LogP contribution in [0.15, 0.2) is 40.9 Å². The lowest BCUT2D eigenvalue weighted by atomic mass is 10.0. The van der Waals surface area contributed by atoms with Crippen LogP contribution in [-0.4, -0.2) is 6.61 Å². The minimum atomic E-state index is -0.379. The van der Waals surface area contributed by atoms with Crippen molar-refractivity contribution < 1.29 is 9.13 Å². The maximum atomic E-state index is 13.5. The maximum absolute atomic E-state index is 13.5. The van der Waals surface area contributed by atoms with Gasteiger partial charge in [-0.2, -0.15) is 0 Å². The number of hydrogen-bond acceptors (Lipinski definition) is 1. The lowest BCUT2D eigenvalue weighted by Crippen LogP contribution is -1.97. The van der Waals surface area contributed by atoms with Gasteiger partial charge in [-0.3, -0.25) is 0 Å². The number of alkyl halides is 1. The molecular formula is C15H11BrClFO. The summed E-state index contributed by atoms with van der Waals surface area (Å²) >= 11 is 9.73. The Hall–Kier alpha value is -1.06. The molecule has 1 nitrogen and oxygen atoms in total. The summed E-state index contributed by atoms with van der Waals surface area (Å²) in [7, 11) is 0. The number of halogens is 3. The zero-order valence-corrected chi connectivity index (χ0v) is 12.3. The van der Waals surface area contributed by atoms with Crippen LogP contribution in [0.3, 0.4) is 0 Å². The standard InChI is InChI=1S/C15H11BrClFO/c16-14-11(2-1-3-12(14)18)15(17)10-4-5-13-9(8-10)6-7-19-13/h1-5,8,15H,6-7H2. The fraction of sp³-hybridized carbons (Fsp3) is 0.200. The molecule has 1 atom stereocenters. The highest BCUT2D eigenvalue weighted by Crippen LogP contribution is 2.37. The minimum Gasteiger partial charge on any atom is -0.493 e. The van der Waals surface area contributed by atoms with Crippen LogP contribution < -0.4 is 4.74 Å². The van der Waals surface area contributed by atoms with E-state index in [0.29, 0.717) is 4.47 Å². The van der Waals surface area contributed by atoms with Crippen molar-refractivity contribution >= 4 is 27.5 Å². The van der Waals surface area contributed by atoms with Crippen LogP contribution in [-0.2, 0) is 6.42 Å². The van der Waals surface area contributed by atoms with E-state index in [9.17, 15) is 4.39 Å². The number of rotatable bonds is 2. The van der Waals surface area contributed by atoms with E-state index in [1.165, 1.54) is 6.07 Å². The maximum Gasteiger partial charge on any atom is 0.137 e. The van der Waals surface area contributed by atoms with Crippen LogP contribution >= 0.6 is 27.5 Å². The monoisotopic (exact) mass is 340 g/mol. The third kappa shape index (κ3) is 2.37. The second kappa shape index (κ2) is 5.14. The van der Waals surface area contributed by atoms with Gasteiger partial charge in [0, 0.05) is 6.42 Å². The quantitative estimate of drug-likeness (QED) is 0.709. The molecule has 0 saturated heterocycles.